The largest absolute Gasteiger partial charge is 0.378 e. The van der Waals surface area contributed by atoms with Gasteiger partial charge in [-0.05, 0) is 24.6 Å². The molecule has 0 spiro atoms. The number of benzene rings is 1. The molecule has 2 aromatic rings. The smallest absolute Gasteiger partial charge is 0.134 e. The van der Waals surface area contributed by atoms with Gasteiger partial charge >= 0.3 is 0 Å². The fraction of sp³-hybridized carbons (Fsp3) is 0.250. The van der Waals surface area contributed by atoms with Crippen LogP contribution in [0.25, 0.3) is 10.9 Å². The van der Waals surface area contributed by atoms with Gasteiger partial charge in [-0.3, -0.25) is 5.84 Å². The lowest BCUT2D eigenvalue weighted by molar-refractivity contribution is 0.182. The molecule has 0 saturated carbocycles. The first-order valence-electron chi connectivity index (χ1n) is 5.21. The number of hydrazine groups is 1. The fourth-order valence-corrected chi connectivity index (χ4v) is 1.82. The maximum atomic E-state index is 13.8. The number of methoxy groups -OCH3 is 1. The Morgan fingerprint density at radius 3 is 2.88 bits per heavy atom. The molecular formula is C12H14FN3O. The van der Waals surface area contributed by atoms with Gasteiger partial charge in [-0.2, -0.15) is 0 Å². The number of fused-ring (bicyclic) bond motifs is 1. The minimum absolute atomic E-state index is 0.338. The number of halogens is 1. The van der Waals surface area contributed by atoms with Crippen molar-refractivity contribution >= 4 is 16.6 Å². The molecule has 0 saturated heterocycles. The first-order valence-corrected chi connectivity index (χ1v) is 5.21. The summed E-state index contributed by atoms with van der Waals surface area (Å²) in [7, 11) is 1.58. The molecule has 0 fully saturated rings. The molecule has 5 heteroatoms. The predicted molar refractivity (Wildman–Crippen MR) is 65.0 cm³/mol. The number of aromatic nitrogens is 1. The van der Waals surface area contributed by atoms with E-state index < -0.39 is 0 Å². The summed E-state index contributed by atoms with van der Waals surface area (Å²) in [6.07, 6.45) is 0. The highest BCUT2D eigenvalue weighted by molar-refractivity contribution is 5.93. The summed E-state index contributed by atoms with van der Waals surface area (Å²) in [5.41, 5.74) is 5.23. The standard InChI is InChI=1S/C12H14FN3O/c1-7-3-4-9(13)11-10(16-14)5-8(6-17-2)15-12(7)11/h3-5H,6,14H2,1-2H3,(H,15,16). The topological polar surface area (TPSA) is 60.2 Å². The van der Waals surface area contributed by atoms with Crippen LogP contribution in [0.4, 0.5) is 10.1 Å². The number of rotatable bonds is 3. The zero-order valence-electron chi connectivity index (χ0n) is 9.75. The normalized spacial score (nSPS) is 10.8. The molecule has 90 valence electrons. The number of pyridine rings is 1. The van der Waals surface area contributed by atoms with Crippen LogP contribution < -0.4 is 11.3 Å². The summed E-state index contributed by atoms with van der Waals surface area (Å²) >= 11 is 0. The van der Waals surface area contributed by atoms with E-state index in [0.29, 0.717) is 28.9 Å². The number of hydrogen-bond donors (Lipinski definition) is 2. The van der Waals surface area contributed by atoms with Gasteiger partial charge < -0.3 is 10.2 Å². The molecule has 0 aliphatic heterocycles. The molecule has 1 aromatic carbocycles. The molecule has 0 amide bonds. The van der Waals surface area contributed by atoms with Gasteiger partial charge in [-0.1, -0.05) is 6.07 Å². The molecule has 2 rings (SSSR count). The van der Waals surface area contributed by atoms with Gasteiger partial charge in [-0.15, -0.1) is 0 Å². The third-order valence-corrected chi connectivity index (χ3v) is 2.61. The number of ether oxygens (including phenoxy) is 1. The Balaban J connectivity index is 2.77. The number of hydrogen-bond acceptors (Lipinski definition) is 4. The van der Waals surface area contributed by atoms with Gasteiger partial charge in [0.05, 0.1) is 28.9 Å². The molecule has 1 aromatic heterocycles. The van der Waals surface area contributed by atoms with Gasteiger partial charge in [0, 0.05) is 7.11 Å². The van der Waals surface area contributed by atoms with Crippen molar-refractivity contribution in [2.75, 3.05) is 12.5 Å². The second kappa shape index (κ2) is 4.65. The predicted octanol–water partition coefficient (Wildman–Crippen LogP) is 2.11. The first-order chi connectivity index (χ1) is 8.17. The Kier molecular flexibility index (Phi) is 3.21. The molecule has 0 aliphatic rings. The minimum Gasteiger partial charge on any atom is -0.378 e. The lowest BCUT2D eigenvalue weighted by atomic mass is 10.1. The molecule has 0 radical (unpaired) electrons. The van der Waals surface area contributed by atoms with Crippen LogP contribution >= 0.6 is 0 Å². The number of anilines is 1. The van der Waals surface area contributed by atoms with E-state index in [9.17, 15) is 4.39 Å². The van der Waals surface area contributed by atoms with E-state index in [1.54, 1.807) is 19.2 Å². The summed E-state index contributed by atoms with van der Waals surface area (Å²) < 4.78 is 18.8. The maximum absolute atomic E-state index is 13.8. The van der Waals surface area contributed by atoms with Gasteiger partial charge in [0.2, 0.25) is 0 Å². The average Bonchev–Trinajstić information content (AvgIpc) is 2.33. The van der Waals surface area contributed by atoms with Crippen LogP contribution in [0.1, 0.15) is 11.3 Å². The van der Waals surface area contributed by atoms with Crippen LogP contribution in [0.3, 0.4) is 0 Å². The molecule has 0 unspecified atom stereocenters. The number of nitrogens with one attached hydrogen (secondary N) is 1. The Hall–Kier alpha value is -1.72. The molecule has 1 heterocycles. The van der Waals surface area contributed by atoms with Crippen LogP contribution in [0.5, 0.6) is 0 Å². The Morgan fingerprint density at radius 1 is 1.47 bits per heavy atom. The molecule has 17 heavy (non-hydrogen) atoms. The molecule has 0 aliphatic carbocycles. The summed E-state index contributed by atoms with van der Waals surface area (Å²) in [5.74, 6) is 5.08. The quantitative estimate of drug-likeness (QED) is 0.632. The number of nitrogen functional groups attached to an aromatic ring is 1. The van der Waals surface area contributed by atoms with E-state index in [2.05, 4.69) is 10.4 Å². The summed E-state index contributed by atoms with van der Waals surface area (Å²) in [6, 6.07) is 4.80. The minimum atomic E-state index is -0.338. The van der Waals surface area contributed by atoms with Crippen molar-refractivity contribution in [1.82, 2.24) is 4.98 Å². The van der Waals surface area contributed by atoms with Crippen LogP contribution in [-0.2, 0) is 11.3 Å². The maximum Gasteiger partial charge on any atom is 0.134 e. The summed E-state index contributed by atoms with van der Waals surface area (Å²) in [4.78, 5) is 4.37. The third-order valence-electron chi connectivity index (χ3n) is 2.61. The van der Waals surface area contributed by atoms with Crippen molar-refractivity contribution < 1.29 is 9.13 Å². The molecule has 0 atom stereocenters. The van der Waals surface area contributed by atoms with E-state index in [0.717, 1.165) is 5.56 Å². The van der Waals surface area contributed by atoms with Crippen LogP contribution in [0, 0.1) is 12.7 Å². The van der Waals surface area contributed by atoms with Gasteiger partial charge in [0.25, 0.3) is 0 Å². The number of nitrogens with zero attached hydrogens (tertiary/aromatic N) is 1. The highest BCUT2D eigenvalue weighted by Crippen LogP contribution is 2.27. The average molecular weight is 235 g/mol. The Labute approximate surface area is 98.6 Å². The lowest BCUT2D eigenvalue weighted by Gasteiger charge is -2.11. The highest BCUT2D eigenvalue weighted by atomic mass is 19.1. The molecular weight excluding hydrogens is 221 g/mol. The van der Waals surface area contributed by atoms with E-state index in [1.165, 1.54) is 6.07 Å². The van der Waals surface area contributed by atoms with Crippen LogP contribution in [0.15, 0.2) is 18.2 Å². The Morgan fingerprint density at radius 2 is 2.24 bits per heavy atom. The lowest BCUT2D eigenvalue weighted by Crippen LogP contribution is -2.09. The highest BCUT2D eigenvalue weighted by Gasteiger charge is 2.11. The van der Waals surface area contributed by atoms with Crippen molar-refractivity contribution in [3.8, 4) is 0 Å². The zero-order valence-corrected chi connectivity index (χ0v) is 9.75. The van der Waals surface area contributed by atoms with E-state index in [4.69, 9.17) is 10.6 Å². The van der Waals surface area contributed by atoms with Crippen molar-refractivity contribution in [1.29, 1.82) is 0 Å². The van der Waals surface area contributed by atoms with E-state index >= 15 is 0 Å². The van der Waals surface area contributed by atoms with Gasteiger partial charge in [-0.25, -0.2) is 9.37 Å². The van der Waals surface area contributed by atoms with Crippen LogP contribution in [0.2, 0.25) is 0 Å². The van der Waals surface area contributed by atoms with E-state index in [-0.39, 0.29) is 5.82 Å². The second-order valence-electron chi connectivity index (χ2n) is 3.83. The van der Waals surface area contributed by atoms with Crippen LogP contribution in [-0.4, -0.2) is 12.1 Å². The van der Waals surface area contributed by atoms with Crippen molar-refractivity contribution in [3.05, 3.63) is 35.3 Å². The van der Waals surface area contributed by atoms with E-state index in [1.807, 2.05) is 6.92 Å². The molecule has 3 N–H and O–H groups in total. The van der Waals surface area contributed by atoms with Crippen molar-refractivity contribution in [3.63, 3.8) is 0 Å². The van der Waals surface area contributed by atoms with Crippen molar-refractivity contribution in [2.24, 2.45) is 5.84 Å². The van der Waals surface area contributed by atoms with Gasteiger partial charge in [0.1, 0.15) is 5.82 Å². The monoisotopic (exact) mass is 235 g/mol. The summed E-state index contributed by atoms with van der Waals surface area (Å²) in [6.45, 7) is 2.24. The first kappa shape index (κ1) is 11.8. The Bertz CT molecular complexity index is 557. The molecule has 0 bridgehead atoms. The van der Waals surface area contributed by atoms with Crippen molar-refractivity contribution in [2.45, 2.75) is 13.5 Å². The number of nitrogens with two attached hydrogens (primary N) is 1. The SMILES string of the molecule is COCc1cc(NN)c2c(F)ccc(C)c2n1. The zero-order chi connectivity index (χ0) is 12.4. The molecule has 4 nitrogen and oxygen atoms in total. The summed E-state index contributed by atoms with van der Waals surface area (Å²) in [5, 5.41) is 0.410. The second-order valence-corrected chi connectivity index (χ2v) is 3.83. The van der Waals surface area contributed by atoms with Gasteiger partial charge in [0.15, 0.2) is 0 Å². The third kappa shape index (κ3) is 2.07. The number of aryl methyl sites for hydroxylation is 1. The fourth-order valence-electron chi connectivity index (χ4n) is 1.82.